The fourth-order valence-corrected chi connectivity index (χ4v) is 2.47. The third-order valence-electron chi connectivity index (χ3n) is 2.27. The summed E-state index contributed by atoms with van der Waals surface area (Å²) in [4.78, 5) is 16.0. The van der Waals surface area contributed by atoms with E-state index >= 15 is 0 Å². The Bertz CT molecular complexity index is 523. The van der Waals surface area contributed by atoms with Crippen molar-refractivity contribution in [1.29, 1.82) is 0 Å². The monoisotopic (exact) mass is 248 g/mol. The number of aliphatic carboxylic acids is 1. The minimum atomic E-state index is -0.839. The molecule has 0 bridgehead atoms. The molecule has 1 heterocycles. The van der Waals surface area contributed by atoms with Crippen LogP contribution in [0.3, 0.4) is 0 Å². The van der Waals surface area contributed by atoms with E-state index < -0.39 is 5.97 Å². The van der Waals surface area contributed by atoms with E-state index in [1.54, 1.807) is 7.05 Å². The molecule has 88 valence electrons. The molecule has 0 amide bonds. The number of anilines is 1. The minimum Gasteiger partial charge on any atom is -0.481 e. The van der Waals surface area contributed by atoms with Gasteiger partial charge in [0.25, 0.3) is 0 Å². The molecular weight excluding hydrogens is 236 g/mol. The van der Waals surface area contributed by atoms with Gasteiger partial charge in [-0.05, 0) is 0 Å². The summed E-state index contributed by atoms with van der Waals surface area (Å²) >= 11 is 1.38. The average Bonchev–Trinajstić information content (AvgIpc) is 2.72. The Morgan fingerprint density at radius 3 is 2.71 bits per heavy atom. The molecule has 2 aromatic rings. The van der Waals surface area contributed by atoms with Crippen molar-refractivity contribution in [3.8, 4) is 11.3 Å². The van der Waals surface area contributed by atoms with Crippen molar-refractivity contribution in [1.82, 2.24) is 4.98 Å². The van der Waals surface area contributed by atoms with Crippen molar-refractivity contribution in [2.75, 3.05) is 12.4 Å². The molecule has 0 fully saturated rings. The van der Waals surface area contributed by atoms with Gasteiger partial charge in [0.1, 0.15) is 0 Å². The summed E-state index contributed by atoms with van der Waals surface area (Å²) in [5, 5.41) is 12.6. The van der Waals surface area contributed by atoms with Gasteiger partial charge in [-0.2, -0.15) is 0 Å². The van der Waals surface area contributed by atoms with Crippen LogP contribution in [0.5, 0.6) is 0 Å². The smallest absolute Gasteiger partial charge is 0.308 e. The highest BCUT2D eigenvalue weighted by Gasteiger charge is 2.14. The van der Waals surface area contributed by atoms with Crippen LogP contribution < -0.4 is 5.32 Å². The van der Waals surface area contributed by atoms with Crippen molar-refractivity contribution in [3.05, 3.63) is 35.2 Å². The maximum absolute atomic E-state index is 10.8. The number of thiazole rings is 1. The number of hydrogen-bond acceptors (Lipinski definition) is 4. The van der Waals surface area contributed by atoms with Gasteiger partial charge in [-0.1, -0.05) is 30.3 Å². The molecule has 4 nitrogen and oxygen atoms in total. The fourth-order valence-electron chi connectivity index (χ4n) is 1.54. The highest BCUT2D eigenvalue weighted by atomic mass is 32.1. The van der Waals surface area contributed by atoms with Crippen LogP contribution in [0.25, 0.3) is 11.3 Å². The average molecular weight is 248 g/mol. The van der Waals surface area contributed by atoms with Gasteiger partial charge < -0.3 is 10.4 Å². The van der Waals surface area contributed by atoms with Crippen LogP contribution in [-0.2, 0) is 11.2 Å². The first-order valence-corrected chi connectivity index (χ1v) is 5.97. The summed E-state index contributed by atoms with van der Waals surface area (Å²) in [6.07, 6.45) is 0.00355. The van der Waals surface area contributed by atoms with Crippen molar-refractivity contribution < 1.29 is 9.90 Å². The van der Waals surface area contributed by atoms with Crippen molar-refractivity contribution >= 4 is 22.4 Å². The van der Waals surface area contributed by atoms with Crippen LogP contribution in [0.15, 0.2) is 30.3 Å². The van der Waals surface area contributed by atoms with E-state index in [4.69, 9.17) is 5.11 Å². The SMILES string of the molecule is CNc1nc(-c2ccccc2)c(CC(=O)O)s1. The maximum atomic E-state index is 10.8. The first-order chi connectivity index (χ1) is 8.20. The number of nitrogens with one attached hydrogen (secondary N) is 1. The highest BCUT2D eigenvalue weighted by molar-refractivity contribution is 7.16. The number of hydrogen-bond donors (Lipinski definition) is 2. The van der Waals surface area contributed by atoms with E-state index in [0.717, 1.165) is 21.3 Å². The largest absolute Gasteiger partial charge is 0.481 e. The second-order valence-electron chi connectivity index (χ2n) is 3.48. The van der Waals surface area contributed by atoms with E-state index in [0.29, 0.717) is 0 Å². The molecule has 2 rings (SSSR count). The lowest BCUT2D eigenvalue weighted by Crippen LogP contribution is -1.99. The van der Waals surface area contributed by atoms with Gasteiger partial charge in [-0.15, -0.1) is 11.3 Å². The molecule has 0 unspecified atom stereocenters. The molecule has 0 aliphatic rings. The van der Waals surface area contributed by atoms with Gasteiger partial charge in [0, 0.05) is 17.5 Å². The molecule has 0 atom stereocenters. The van der Waals surface area contributed by atoms with Gasteiger partial charge in [-0.3, -0.25) is 4.79 Å². The zero-order valence-electron chi connectivity index (χ0n) is 9.30. The Hall–Kier alpha value is -1.88. The number of rotatable bonds is 4. The van der Waals surface area contributed by atoms with Gasteiger partial charge in [-0.25, -0.2) is 4.98 Å². The summed E-state index contributed by atoms with van der Waals surface area (Å²) < 4.78 is 0. The number of carboxylic acids is 1. The lowest BCUT2D eigenvalue weighted by atomic mass is 10.1. The molecule has 2 N–H and O–H groups in total. The molecule has 5 heteroatoms. The molecular formula is C12H12N2O2S. The lowest BCUT2D eigenvalue weighted by molar-refractivity contribution is -0.136. The summed E-state index contributed by atoms with van der Waals surface area (Å²) in [7, 11) is 1.78. The van der Waals surface area contributed by atoms with Gasteiger partial charge in [0.05, 0.1) is 12.1 Å². The topological polar surface area (TPSA) is 62.2 Å². The predicted molar refractivity (Wildman–Crippen MR) is 68.4 cm³/mol. The van der Waals surface area contributed by atoms with Crippen LogP contribution in [0.1, 0.15) is 4.88 Å². The molecule has 0 saturated heterocycles. The molecule has 1 aromatic heterocycles. The first-order valence-electron chi connectivity index (χ1n) is 5.15. The third kappa shape index (κ3) is 2.62. The third-order valence-corrected chi connectivity index (χ3v) is 3.34. The minimum absolute atomic E-state index is 0.00355. The molecule has 17 heavy (non-hydrogen) atoms. The van der Waals surface area contributed by atoms with Crippen LogP contribution in [0.2, 0.25) is 0 Å². The van der Waals surface area contributed by atoms with E-state index in [1.807, 2.05) is 30.3 Å². The Morgan fingerprint density at radius 2 is 2.12 bits per heavy atom. The number of aromatic nitrogens is 1. The zero-order chi connectivity index (χ0) is 12.3. The summed E-state index contributed by atoms with van der Waals surface area (Å²) in [5.41, 5.74) is 1.70. The summed E-state index contributed by atoms with van der Waals surface area (Å²) in [5.74, 6) is -0.839. The van der Waals surface area contributed by atoms with Gasteiger partial charge in [0.2, 0.25) is 0 Å². The Labute approximate surface area is 103 Å². The lowest BCUT2D eigenvalue weighted by Gasteiger charge is -1.99. The second-order valence-corrected chi connectivity index (χ2v) is 4.56. The van der Waals surface area contributed by atoms with E-state index in [2.05, 4.69) is 10.3 Å². The quantitative estimate of drug-likeness (QED) is 0.872. The molecule has 0 radical (unpaired) electrons. The molecule has 0 spiro atoms. The first kappa shape index (κ1) is 11.6. The van der Waals surface area contributed by atoms with Crippen LogP contribution >= 0.6 is 11.3 Å². The van der Waals surface area contributed by atoms with E-state index in [9.17, 15) is 4.79 Å². The number of carboxylic acid groups (broad SMARTS) is 1. The second kappa shape index (κ2) is 4.97. The molecule has 0 aliphatic carbocycles. The molecule has 0 aliphatic heterocycles. The van der Waals surface area contributed by atoms with Crippen LogP contribution in [0, 0.1) is 0 Å². The maximum Gasteiger partial charge on any atom is 0.308 e. The Kier molecular flexibility index (Phi) is 3.39. The van der Waals surface area contributed by atoms with Crippen molar-refractivity contribution in [2.45, 2.75) is 6.42 Å². The normalized spacial score (nSPS) is 10.2. The van der Waals surface area contributed by atoms with E-state index in [1.165, 1.54) is 11.3 Å². The van der Waals surface area contributed by atoms with Gasteiger partial charge >= 0.3 is 5.97 Å². The van der Waals surface area contributed by atoms with E-state index in [-0.39, 0.29) is 6.42 Å². The Morgan fingerprint density at radius 1 is 1.41 bits per heavy atom. The van der Waals surface area contributed by atoms with Crippen LogP contribution in [-0.4, -0.2) is 23.1 Å². The van der Waals surface area contributed by atoms with Crippen LogP contribution in [0.4, 0.5) is 5.13 Å². The van der Waals surface area contributed by atoms with Crippen molar-refractivity contribution in [3.63, 3.8) is 0 Å². The Balaban J connectivity index is 2.44. The zero-order valence-corrected chi connectivity index (χ0v) is 10.1. The highest BCUT2D eigenvalue weighted by Crippen LogP contribution is 2.31. The number of carbonyl (C=O) groups is 1. The number of benzene rings is 1. The fraction of sp³-hybridized carbons (Fsp3) is 0.167. The summed E-state index contributed by atoms with van der Waals surface area (Å²) in [6, 6.07) is 9.61. The predicted octanol–water partition coefficient (Wildman–Crippen LogP) is 2.48. The summed E-state index contributed by atoms with van der Waals surface area (Å²) in [6.45, 7) is 0. The van der Waals surface area contributed by atoms with Gasteiger partial charge in [0.15, 0.2) is 5.13 Å². The molecule has 1 aromatic carbocycles. The standard InChI is InChI=1S/C12H12N2O2S/c1-13-12-14-11(8-5-3-2-4-6-8)9(17-12)7-10(15)16/h2-6H,7H2,1H3,(H,13,14)(H,15,16). The molecule has 0 saturated carbocycles. The van der Waals surface area contributed by atoms with Crippen molar-refractivity contribution in [2.24, 2.45) is 0 Å². The number of nitrogens with zero attached hydrogens (tertiary/aromatic N) is 1.